The molecule has 0 spiro atoms. The third-order valence-corrected chi connectivity index (χ3v) is 7.04. The fourth-order valence-corrected chi connectivity index (χ4v) is 5.20. The Labute approximate surface area is 183 Å². The number of pyridine rings is 1. The molecule has 1 unspecified atom stereocenters. The first kappa shape index (κ1) is 23.5. The smallest absolute Gasteiger partial charge is 0.310 e. The van der Waals surface area contributed by atoms with E-state index in [0.717, 1.165) is 44.1 Å². The molecule has 1 amide bonds. The molecular formula is C21H22ClF3N2O3S. The van der Waals surface area contributed by atoms with Crippen LogP contribution < -0.4 is 5.32 Å². The van der Waals surface area contributed by atoms with Gasteiger partial charge in [-0.15, -0.1) is 0 Å². The molecular weight excluding hydrogens is 453 g/mol. The van der Waals surface area contributed by atoms with E-state index in [2.05, 4.69) is 10.3 Å². The maximum Gasteiger partial charge on any atom is 0.417 e. The lowest BCUT2D eigenvalue weighted by Crippen LogP contribution is -2.24. The lowest BCUT2D eigenvalue weighted by Gasteiger charge is -2.21. The van der Waals surface area contributed by atoms with Crippen LogP contribution in [0, 0.1) is 5.92 Å². The van der Waals surface area contributed by atoms with Gasteiger partial charge in [0.1, 0.15) is 5.82 Å². The number of hydrogen-bond acceptors (Lipinski definition) is 4. The Kier molecular flexibility index (Phi) is 6.95. The Balaban J connectivity index is 1.86. The summed E-state index contributed by atoms with van der Waals surface area (Å²) in [7, 11) is -3.52. The van der Waals surface area contributed by atoms with E-state index in [-0.39, 0.29) is 15.7 Å². The second-order valence-corrected chi connectivity index (χ2v) is 10.2. The van der Waals surface area contributed by atoms with E-state index in [1.807, 2.05) is 0 Å². The maximum absolute atomic E-state index is 13.0. The highest BCUT2D eigenvalue weighted by Gasteiger charge is 2.31. The summed E-state index contributed by atoms with van der Waals surface area (Å²) in [5.41, 5.74) is -0.357. The zero-order valence-electron chi connectivity index (χ0n) is 16.7. The Morgan fingerprint density at radius 3 is 2.42 bits per heavy atom. The van der Waals surface area contributed by atoms with Crippen molar-refractivity contribution >= 4 is 33.2 Å². The Morgan fingerprint density at radius 2 is 1.90 bits per heavy atom. The molecule has 1 aromatic heterocycles. The number of nitrogens with zero attached hydrogens (tertiary/aromatic N) is 1. The number of nitrogens with one attached hydrogen (secondary N) is 1. The van der Waals surface area contributed by atoms with Crippen molar-refractivity contribution in [3.05, 3.63) is 52.7 Å². The number of benzene rings is 1. The van der Waals surface area contributed by atoms with E-state index in [1.165, 1.54) is 12.1 Å². The zero-order valence-corrected chi connectivity index (χ0v) is 18.3. The van der Waals surface area contributed by atoms with Crippen LogP contribution in [0.3, 0.4) is 0 Å². The van der Waals surface area contributed by atoms with Gasteiger partial charge in [0.25, 0.3) is 0 Å². The van der Waals surface area contributed by atoms with Crippen molar-refractivity contribution in [2.45, 2.75) is 49.1 Å². The minimum absolute atomic E-state index is 0.00766. The van der Waals surface area contributed by atoms with Gasteiger partial charge in [-0.2, -0.15) is 13.2 Å². The molecule has 168 valence electrons. The fraction of sp³-hybridized carbons (Fsp3) is 0.429. The van der Waals surface area contributed by atoms with Gasteiger partial charge in [-0.3, -0.25) is 4.79 Å². The average molecular weight is 475 g/mol. The quantitative estimate of drug-likeness (QED) is 0.603. The maximum atomic E-state index is 13.0. The first-order chi connectivity index (χ1) is 14.4. The lowest BCUT2D eigenvalue weighted by atomic mass is 9.87. The molecule has 10 heteroatoms. The van der Waals surface area contributed by atoms with E-state index in [0.29, 0.717) is 24.1 Å². The summed E-state index contributed by atoms with van der Waals surface area (Å²) in [6.07, 6.45) is 1.85. The first-order valence-corrected chi connectivity index (χ1v) is 12.1. The molecule has 1 saturated carbocycles. The number of carbonyl (C=O) groups excluding carboxylic acids is 1. The van der Waals surface area contributed by atoms with Crippen molar-refractivity contribution in [3.8, 4) is 0 Å². The summed E-state index contributed by atoms with van der Waals surface area (Å²) in [6.45, 7) is 0. The summed E-state index contributed by atoms with van der Waals surface area (Å²) in [5.74, 6) is -0.737. The second kappa shape index (κ2) is 9.16. The summed E-state index contributed by atoms with van der Waals surface area (Å²) in [6, 6.07) is 6.36. The topological polar surface area (TPSA) is 76.1 Å². The lowest BCUT2D eigenvalue weighted by molar-refractivity contribution is -0.137. The Hall–Kier alpha value is -2.13. The monoisotopic (exact) mass is 474 g/mol. The molecule has 1 atom stereocenters. The van der Waals surface area contributed by atoms with Crippen molar-refractivity contribution in [2.75, 3.05) is 11.6 Å². The van der Waals surface area contributed by atoms with Gasteiger partial charge < -0.3 is 5.32 Å². The van der Waals surface area contributed by atoms with Crippen LogP contribution in [0.5, 0.6) is 0 Å². The van der Waals surface area contributed by atoms with Crippen molar-refractivity contribution in [1.82, 2.24) is 4.98 Å². The number of anilines is 1. The van der Waals surface area contributed by atoms with Gasteiger partial charge in [0, 0.05) is 12.5 Å². The second-order valence-electron chi connectivity index (χ2n) is 7.82. The van der Waals surface area contributed by atoms with Crippen LogP contribution in [0.2, 0.25) is 5.02 Å². The molecule has 0 bridgehead atoms. The van der Waals surface area contributed by atoms with Gasteiger partial charge in [0.15, 0.2) is 9.84 Å². The van der Waals surface area contributed by atoms with Crippen LogP contribution in [0.4, 0.5) is 19.0 Å². The average Bonchev–Trinajstić information content (AvgIpc) is 3.18. The normalized spacial score (nSPS) is 16.3. The Morgan fingerprint density at radius 1 is 1.23 bits per heavy atom. The molecule has 1 aliphatic rings. The molecule has 1 aromatic carbocycles. The molecule has 5 nitrogen and oxygen atoms in total. The first-order valence-electron chi connectivity index (χ1n) is 9.79. The molecule has 0 radical (unpaired) electrons. The minimum atomic E-state index is -4.52. The number of amides is 1. The van der Waals surface area contributed by atoms with Gasteiger partial charge >= 0.3 is 6.18 Å². The largest absolute Gasteiger partial charge is 0.417 e. The molecule has 1 N–H and O–H groups in total. The number of sulfone groups is 1. The SMILES string of the molecule is CS(=O)(=O)c1ccc(C(CC2CCCC2)C(=O)Nc2ccc(C(F)(F)F)cn2)cc1Cl. The number of carbonyl (C=O) groups is 1. The Bertz CT molecular complexity index is 1050. The summed E-state index contributed by atoms with van der Waals surface area (Å²) in [5, 5.41) is 2.60. The number of hydrogen-bond donors (Lipinski definition) is 1. The van der Waals surface area contributed by atoms with Crippen LogP contribution in [0.15, 0.2) is 41.4 Å². The molecule has 0 aliphatic heterocycles. The van der Waals surface area contributed by atoms with E-state index < -0.39 is 33.4 Å². The molecule has 31 heavy (non-hydrogen) atoms. The van der Waals surface area contributed by atoms with Crippen molar-refractivity contribution < 1.29 is 26.4 Å². The predicted octanol–water partition coefficient (Wildman–Crippen LogP) is 5.46. The predicted molar refractivity (Wildman–Crippen MR) is 112 cm³/mol. The molecule has 1 fully saturated rings. The van der Waals surface area contributed by atoms with Gasteiger partial charge in [0.2, 0.25) is 5.91 Å². The number of rotatable bonds is 6. The number of aromatic nitrogens is 1. The van der Waals surface area contributed by atoms with Crippen LogP contribution in [0.25, 0.3) is 0 Å². The van der Waals surface area contributed by atoms with E-state index in [1.54, 1.807) is 6.07 Å². The van der Waals surface area contributed by atoms with E-state index in [9.17, 15) is 26.4 Å². The minimum Gasteiger partial charge on any atom is -0.310 e. The third-order valence-electron chi connectivity index (χ3n) is 5.46. The van der Waals surface area contributed by atoms with Gasteiger partial charge in [-0.05, 0) is 42.2 Å². The van der Waals surface area contributed by atoms with Crippen LogP contribution in [0.1, 0.15) is 49.1 Å². The molecule has 1 aliphatic carbocycles. The van der Waals surface area contributed by atoms with E-state index >= 15 is 0 Å². The summed E-state index contributed by atoms with van der Waals surface area (Å²) >= 11 is 6.17. The molecule has 3 rings (SSSR count). The standard InChI is InChI=1S/C21H22ClF3N2O3S/c1-31(29,30)18-8-6-14(11-17(18)22)16(10-13-4-2-3-5-13)20(28)27-19-9-7-15(12-26-19)21(23,24)25/h6-9,11-13,16H,2-5,10H2,1H3,(H,26,27,28). The van der Waals surface area contributed by atoms with E-state index in [4.69, 9.17) is 11.6 Å². The molecule has 2 aromatic rings. The summed E-state index contributed by atoms with van der Waals surface area (Å²) in [4.78, 5) is 16.7. The van der Waals surface area contributed by atoms with Crippen molar-refractivity contribution in [2.24, 2.45) is 5.92 Å². The van der Waals surface area contributed by atoms with Crippen LogP contribution >= 0.6 is 11.6 Å². The zero-order chi connectivity index (χ0) is 22.8. The highest BCUT2D eigenvalue weighted by atomic mass is 35.5. The third kappa shape index (κ3) is 5.98. The highest BCUT2D eigenvalue weighted by molar-refractivity contribution is 7.90. The van der Waals surface area contributed by atoms with Gasteiger partial charge in [-0.1, -0.05) is 43.4 Å². The highest BCUT2D eigenvalue weighted by Crippen LogP contribution is 2.36. The van der Waals surface area contributed by atoms with Gasteiger partial charge in [0.05, 0.1) is 21.4 Å². The fourth-order valence-electron chi connectivity index (χ4n) is 3.86. The number of alkyl halides is 3. The summed E-state index contributed by atoms with van der Waals surface area (Å²) < 4.78 is 61.9. The molecule has 1 heterocycles. The molecule has 0 saturated heterocycles. The van der Waals surface area contributed by atoms with Crippen LogP contribution in [-0.2, 0) is 20.8 Å². The van der Waals surface area contributed by atoms with Crippen molar-refractivity contribution in [1.29, 1.82) is 0 Å². The van der Waals surface area contributed by atoms with Crippen LogP contribution in [-0.4, -0.2) is 25.6 Å². The van der Waals surface area contributed by atoms with Gasteiger partial charge in [-0.25, -0.2) is 13.4 Å². The number of halogens is 4. The van der Waals surface area contributed by atoms with Crippen molar-refractivity contribution in [3.63, 3.8) is 0 Å².